The van der Waals surface area contributed by atoms with Crippen molar-refractivity contribution >= 4 is 34.8 Å². The van der Waals surface area contributed by atoms with Gasteiger partial charge in [0.25, 0.3) is 0 Å². The van der Waals surface area contributed by atoms with Crippen LogP contribution in [0.4, 0.5) is 13.6 Å². The molecule has 0 bridgehead atoms. The van der Waals surface area contributed by atoms with Crippen molar-refractivity contribution in [1.82, 2.24) is 5.43 Å². The van der Waals surface area contributed by atoms with Crippen molar-refractivity contribution in [3.63, 3.8) is 0 Å². The van der Waals surface area contributed by atoms with Crippen molar-refractivity contribution < 1.29 is 13.6 Å². The normalized spacial score (nSPS) is 10.6. The van der Waals surface area contributed by atoms with Crippen LogP contribution in [0, 0.1) is 15.2 Å². The lowest BCUT2D eigenvalue weighted by Gasteiger charge is -1.99. The van der Waals surface area contributed by atoms with E-state index < -0.39 is 17.7 Å². The zero-order valence-corrected chi connectivity index (χ0v) is 9.46. The topological polar surface area (TPSA) is 67.5 Å². The second kappa shape index (κ2) is 5.01. The number of hydrazone groups is 1. The maximum Gasteiger partial charge on any atom is 0.332 e. The zero-order chi connectivity index (χ0) is 11.4. The highest BCUT2D eigenvalue weighted by Gasteiger charge is 2.07. The van der Waals surface area contributed by atoms with Crippen LogP contribution < -0.4 is 11.2 Å². The van der Waals surface area contributed by atoms with Crippen LogP contribution in [-0.4, -0.2) is 12.2 Å². The van der Waals surface area contributed by atoms with Gasteiger partial charge in [-0.25, -0.2) is 19.0 Å². The van der Waals surface area contributed by atoms with Gasteiger partial charge in [0, 0.05) is 3.57 Å². The number of carbonyl (C=O) groups is 1. The maximum atomic E-state index is 13.2. The van der Waals surface area contributed by atoms with E-state index in [9.17, 15) is 13.6 Å². The van der Waals surface area contributed by atoms with Crippen LogP contribution in [0.3, 0.4) is 0 Å². The molecule has 0 saturated carbocycles. The van der Waals surface area contributed by atoms with Crippen LogP contribution in [0.2, 0.25) is 0 Å². The minimum absolute atomic E-state index is 0.329. The van der Waals surface area contributed by atoms with E-state index in [-0.39, 0.29) is 5.56 Å². The smallest absolute Gasteiger partial charge is 0.332 e. The van der Waals surface area contributed by atoms with Gasteiger partial charge in [-0.15, -0.1) is 0 Å². The van der Waals surface area contributed by atoms with E-state index in [2.05, 4.69) is 5.10 Å². The van der Waals surface area contributed by atoms with Gasteiger partial charge in [-0.3, -0.25) is 0 Å². The first-order valence-electron chi connectivity index (χ1n) is 3.73. The summed E-state index contributed by atoms with van der Waals surface area (Å²) in [5, 5.41) is 3.26. The van der Waals surface area contributed by atoms with Gasteiger partial charge in [0.15, 0.2) is 0 Å². The fraction of sp³-hybridized carbons (Fsp3) is 0. The van der Waals surface area contributed by atoms with E-state index in [4.69, 9.17) is 5.73 Å². The summed E-state index contributed by atoms with van der Waals surface area (Å²) in [4.78, 5) is 10.2. The van der Waals surface area contributed by atoms with Gasteiger partial charge in [-0.05, 0) is 34.7 Å². The second-order valence-corrected chi connectivity index (χ2v) is 3.76. The number of hydrogen-bond donors (Lipinski definition) is 2. The Labute approximate surface area is 97.7 Å². The average molecular weight is 325 g/mol. The average Bonchev–Trinajstić information content (AvgIpc) is 2.08. The SMILES string of the molecule is NC(=O)NN=Cc1c(F)cc(I)cc1F. The molecule has 2 amide bonds. The minimum Gasteiger partial charge on any atom is -0.350 e. The number of benzene rings is 1. The molecule has 0 spiro atoms. The van der Waals surface area contributed by atoms with Gasteiger partial charge in [0.2, 0.25) is 0 Å². The molecule has 0 heterocycles. The monoisotopic (exact) mass is 325 g/mol. The number of amides is 2. The summed E-state index contributed by atoms with van der Waals surface area (Å²) in [7, 11) is 0. The maximum absolute atomic E-state index is 13.2. The summed E-state index contributed by atoms with van der Waals surface area (Å²) in [6, 6.07) is 1.39. The number of rotatable bonds is 2. The van der Waals surface area contributed by atoms with E-state index in [1.54, 1.807) is 22.6 Å². The van der Waals surface area contributed by atoms with Crippen LogP contribution in [0.15, 0.2) is 17.2 Å². The van der Waals surface area contributed by atoms with Crippen molar-refractivity contribution in [3.05, 3.63) is 32.9 Å². The number of nitrogens with zero attached hydrogens (tertiary/aromatic N) is 1. The summed E-state index contributed by atoms with van der Waals surface area (Å²) in [5.74, 6) is -1.51. The lowest BCUT2D eigenvalue weighted by atomic mass is 10.2. The quantitative estimate of drug-likeness (QED) is 0.484. The predicted octanol–water partition coefficient (Wildman–Crippen LogP) is 1.57. The predicted molar refractivity (Wildman–Crippen MR) is 59.4 cm³/mol. The number of urea groups is 1. The van der Waals surface area contributed by atoms with Crippen molar-refractivity contribution in [3.8, 4) is 0 Å². The van der Waals surface area contributed by atoms with E-state index in [1.165, 1.54) is 0 Å². The number of primary amides is 1. The minimum atomic E-state index is -0.905. The Morgan fingerprint density at radius 1 is 1.47 bits per heavy atom. The summed E-state index contributed by atoms with van der Waals surface area (Å²) in [6.07, 6.45) is 0.853. The van der Waals surface area contributed by atoms with Crippen molar-refractivity contribution in [1.29, 1.82) is 0 Å². The Bertz CT molecular complexity index is 399. The van der Waals surface area contributed by atoms with Crippen molar-refractivity contribution in [2.45, 2.75) is 0 Å². The number of nitrogens with two attached hydrogens (primary N) is 1. The molecule has 0 fully saturated rings. The Balaban J connectivity index is 2.94. The molecule has 1 rings (SSSR count). The third-order valence-corrected chi connectivity index (χ3v) is 2.04. The van der Waals surface area contributed by atoms with Crippen LogP contribution in [0.1, 0.15) is 5.56 Å². The molecule has 0 aliphatic rings. The van der Waals surface area contributed by atoms with E-state index in [1.807, 2.05) is 5.43 Å². The van der Waals surface area contributed by atoms with E-state index in [0.717, 1.165) is 18.3 Å². The zero-order valence-electron chi connectivity index (χ0n) is 7.30. The first-order valence-corrected chi connectivity index (χ1v) is 4.81. The number of hydrogen-bond acceptors (Lipinski definition) is 2. The van der Waals surface area contributed by atoms with E-state index in [0.29, 0.717) is 3.57 Å². The largest absolute Gasteiger partial charge is 0.350 e. The highest BCUT2D eigenvalue weighted by Crippen LogP contribution is 2.14. The molecule has 0 aromatic heterocycles. The molecule has 0 saturated heterocycles. The third-order valence-electron chi connectivity index (χ3n) is 1.41. The van der Waals surface area contributed by atoms with Crippen molar-refractivity contribution in [2.75, 3.05) is 0 Å². The lowest BCUT2D eigenvalue weighted by molar-refractivity contribution is 0.249. The molecular formula is C8H6F2IN3O. The number of carbonyl (C=O) groups excluding carboxylic acids is 1. The molecule has 0 atom stereocenters. The highest BCUT2D eigenvalue weighted by molar-refractivity contribution is 14.1. The van der Waals surface area contributed by atoms with Crippen LogP contribution in [0.25, 0.3) is 0 Å². The van der Waals surface area contributed by atoms with E-state index >= 15 is 0 Å². The molecule has 1 aromatic rings. The molecule has 1 aromatic carbocycles. The molecule has 7 heteroatoms. The van der Waals surface area contributed by atoms with Gasteiger partial charge in [0.1, 0.15) is 11.6 Å². The van der Waals surface area contributed by atoms with Gasteiger partial charge in [-0.1, -0.05) is 0 Å². The van der Waals surface area contributed by atoms with Crippen LogP contribution in [-0.2, 0) is 0 Å². The number of halogens is 3. The summed E-state index contributed by atoms with van der Waals surface area (Å²) in [6.45, 7) is 0. The molecule has 0 radical (unpaired) electrons. The summed E-state index contributed by atoms with van der Waals surface area (Å²) < 4.78 is 26.7. The van der Waals surface area contributed by atoms with Gasteiger partial charge >= 0.3 is 6.03 Å². The summed E-state index contributed by atoms with van der Waals surface area (Å²) in [5.41, 5.74) is 6.21. The van der Waals surface area contributed by atoms with Crippen molar-refractivity contribution in [2.24, 2.45) is 10.8 Å². The Hall–Kier alpha value is -1.25. The highest BCUT2D eigenvalue weighted by atomic mass is 127. The summed E-state index contributed by atoms with van der Waals surface area (Å²) >= 11 is 1.78. The number of nitrogens with one attached hydrogen (secondary N) is 1. The van der Waals surface area contributed by atoms with Gasteiger partial charge in [-0.2, -0.15) is 5.10 Å². The molecule has 0 aliphatic carbocycles. The fourth-order valence-electron chi connectivity index (χ4n) is 0.837. The molecule has 15 heavy (non-hydrogen) atoms. The van der Waals surface area contributed by atoms with Crippen LogP contribution in [0.5, 0.6) is 0 Å². The fourth-order valence-corrected chi connectivity index (χ4v) is 1.38. The van der Waals surface area contributed by atoms with Gasteiger partial charge in [0.05, 0.1) is 11.8 Å². The second-order valence-electron chi connectivity index (χ2n) is 2.52. The van der Waals surface area contributed by atoms with Crippen LogP contribution >= 0.6 is 22.6 Å². The molecule has 0 unspecified atom stereocenters. The lowest BCUT2D eigenvalue weighted by Crippen LogP contribution is -2.24. The third kappa shape index (κ3) is 3.42. The Morgan fingerprint density at radius 2 is 2.00 bits per heavy atom. The molecular weight excluding hydrogens is 319 g/mol. The Morgan fingerprint density at radius 3 is 2.47 bits per heavy atom. The Kier molecular flexibility index (Phi) is 3.95. The first kappa shape index (κ1) is 11.8. The molecule has 80 valence electrons. The molecule has 0 aliphatic heterocycles. The first-order chi connectivity index (χ1) is 7.00. The standard InChI is InChI=1S/C8H6F2IN3O/c9-6-1-4(11)2-7(10)5(6)3-13-14-8(12)15/h1-3H,(H3,12,14,15). The molecule has 3 N–H and O–H groups in total. The van der Waals surface area contributed by atoms with Gasteiger partial charge < -0.3 is 5.73 Å². The molecule has 4 nitrogen and oxygen atoms in total.